The molecular weight excluding hydrogens is 460 g/mol. The Bertz CT molecular complexity index is 1310. The maximum absolute atomic E-state index is 12.7. The topological polar surface area (TPSA) is 49.9 Å². The second-order valence-electron chi connectivity index (χ2n) is 8.72. The van der Waals surface area contributed by atoms with Crippen LogP contribution >= 0.6 is 11.6 Å². The Morgan fingerprint density at radius 1 is 0.829 bits per heavy atom. The first-order chi connectivity index (χ1) is 17.1. The lowest BCUT2D eigenvalue weighted by Crippen LogP contribution is -2.31. The average molecular weight is 485 g/mol. The number of nitrogens with zero attached hydrogens (tertiary/aromatic N) is 2. The summed E-state index contributed by atoms with van der Waals surface area (Å²) in [5.41, 5.74) is 5.61. The predicted octanol–water partition coefficient (Wildman–Crippen LogP) is 5.67. The Balaban J connectivity index is 1.33. The number of ether oxygens (including phenoxy) is 1. The zero-order valence-electron chi connectivity index (χ0n) is 19.3. The van der Waals surface area contributed by atoms with Gasteiger partial charge in [-0.25, -0.2) is 0 Å². The molecule has 5 rings (SSSR count). The standard InChI is InChI=1S/C29H25ClN2O3/c1-2-17-35-23-13-14-26-21(18-23)10-9-20-11-12-22(30)19-27(20)31(26)15-5-6-16-32-28(33)24-7-3-4-8-25(24)29(32)34/h1,3-4,7-8,11-14,18-19H,5-6,9-10,15-17H2. The quantitative estimate of drug-likeness (QED) is 0.246. The number of fused-ring (bicyclic) bond motifs is 3. The van der Waals surface area contributed by atoms with E-state index in [0.29, 0.717) is 29.1 Å². The minimum atomic E-state index is -0.206. The van der Waals surface area contributed by atoms with Crippen molar-refractivity contribution in [2.45, 2.75) is 25.7 Å². The van der Waals surface area contributed by atoms with Crippen molar-refractivity contribution in [3.05, 3.63) is 87.9 Å². The van der Waals surface area contributed by atoms with Gasteiger partial charge >= 0.3 is 0 Å². The van der Waals surface area contributed by atoms with Crippen molar-refractivity contribution in [1.82, 2.24) is 4.90 Å². The van der Waals surface area contributed by atoms with Crippen LogP contribution in [0.4, 0.5) is 11.4 Å². The van der Waals surface area contributed by atoms with Gasteiger partial charge in [0.2, 0.25) is 0 Å². The summed E-state index contributed by atoms with van der Waals surface area (Å²) in [6, 6.07) is 19.1. The minimum absolute atomic E-state index is 0.206. The molecule has 0 radical (unpaired) electrons. The number of hydrogen-bond acceptors (Lipinski definition) is 4. The molecule has 2 amide bonds. The van der Waals surface area contributed by atoms with Crippen LogP contribution in [0.5, 0.6) is 5.75 Å². The lowest BCUT2D eigenvalue weighted by Gasteiger charge is -2.28. The lowest BCUT2D eigenvalue weighted by molar-refractivity contribution is 0.0652. The number of carbonyl (C=O) groups is 2. The third-order valence-corrected chi connectivity index (χ3v) is 6.79. The number of benzene rings is 3. The van der Waals surface area contributed by atoms with Crippen molar-refractivity contribution >= 4 is 34.8 Å². The fourth-order valence-corrected chi connectivity index (χ4v) is 5.03. The third kappa shape index (κ3) is 4.50. The fraction of sp³-hybridized carbons (Fsp3) is 0.241. The number of amides is 2. The van der Waals surface area contributed by atoms with Crippen LogP contribution < -0.4 is 9.64 Å². The number of aryl methyl sites for hydroxylation is 2. The van der Waals surface area contributed by atoms with E-state index < -0.39 is 0 Å². The highest BCUT2D eigenvalue weighted by Gasteiger charge is 2.34. The second kappa shape index (κ2) is 9.85. The van der Waals surface area contributed by atoms with E-state index in [4.69, 9.17) is 22.8 Å². The molecule has 5 nitrogen and oxygen atoms in total. The molecule has 0 bridgehead atoms. The number of unbranched alkanes of at least 4 members (excludes halogenated alkanes) is 1. The number of terminal acetylenes is 1. The molecule has 2 aliphatic heterocycles. The van der Waals surface area contributed by atoms with Crippen molar-refractivity contribution in [1.29, 1.82) is 0 Å². The summed E-state index contributed by atoms with van der Waals surface area (Å²) in [4.78, 5) is 29.0. The highest BCUT2D eigenvalue weighted by atomic mass is 35.5. The molecule has 0 unspecified atom stereocenters. The molecule has 0 atom stereocenters. The van der Waals surface area contributed by atoms with E-state index in [1.165, 1.54) is 16.0 Å². The average Bonchev–Trinajstić information content (AvgIpc) is 3.02. The second-order valence-corrected chi connectivity index (χ2v) is 9.16. The minimum Gasteiger partial charge on any atom is -0.481 e. The number of hydrogen-bond donors (Lipinski definition) is 0. The van der Waals surface area contributed by atoms with Crippen LogP contribution in [0.2, 0.25) is 5.02 Å². The summed E-state index contributed by atoms with van der Waals surface area (Å²) >= 11 is 6.38. The molecule has 176 valence electrons. The molecular formula is C29H25ClN2O3. The number of imide groups is 1. The Morgan fingerprint density at radius 3 is 2.23 bits per heavy atom. The molecule has 2 heterocycles. The molecule has 2 aliphatic rings. The van der Waals surface area contributed by atoms with Gasteiger partial charge in [0.15, 0.2) is 0 Å². The van der Waals surface area contributed by atoms with Crippen LogP contribution in [0, 0.1) is 12.3 Å². The number of anilines is 2. The zero-order chi connectivity index (χ0) is 24.4. The summed E-state index contributed by atoms with van der Waals surface area (Å²) in [5, 5.41) is 0.692. The monoisotopic (exact) mass is 484 g/mol. The third-order valence-electron chi connectivity index (χ3n) is 6.56. The lowest BCUT2D eigenvalue weighted by atomic mass is 10.0. The molecule has 0 aromatic heterocycles. The van der Waals surface area contributed by atoms with Gasteiger partial charge in [0.25, 0.3) is 11.8 Å². The molecule has 0 spiro atoms. The van der Waals surface area contributed by atoms with Crippen molar-refractivity contribution in [3.63, 3.8) is 0 Å². The number of rotatable bonds is 7. The Hall–Kier alpha value is -3.75. The first kappa shape index (κ1) is 23.0. The van der Waals surface area contributed by atoms with Gasteiger partial charge in [-0.15, -0.1) is 6.42 Å². The van der Waals surface area contributed by atoms with Crippen molar-refractivity contribution in [2.75, 3.05) is 24.6 Å². The normalized spacial score (nSPS) is 14.2. The van der Waals surface area contributed by atoms with E-state index in [-0.39, 0.29) is 18.4 Å². The molecule has 0 saturated heterocycles. The van der Waals surface area contributed by atoms with E-state index >= 15 is 0 Å². The Kier molecular flexibility index (Phi) is 6.48. The van der Waals surface area contributed by atoms with Gasteiger partial charge in [-0.2, -0.15) is 0 Å². The highest BCUT2D eigenvalue weighted by molar-refractivity contribution is 6.31. The van der Waals surface area contributed by atoms with Crippen molar-refractivity contribution in [3.8, 4) is 18.1 Å². The van der Waals surface area contributed by atoms with Crippen LogP contribution in [0.15, 0.2) is 60.7 Å². The van der Waals surface area contributed by atoms with Gasteiger partial charge in [-0.1, -0.05) is 35.7 Å². The number of carbonyl (C=O) groups excluding carboxylic acids is 2. The van der Waals surface area contributed by atoms with Gasteiger partial charge in [-0.05, 0) is 79.3 Å². The van der Waals surface area contributed by atoms with Gasteiger partial charge in [0.05, 0.1) is 11.1 Å². The van der Waals surface area contributed by atoms with Gasteiger partial charge in [0, 0.05) is 29.5 Å². The van der Waals surface area contributed by atoms with Crippen molar-refractivity contribution in [2.24, 2.45) is 0 Å². The summed E-state index contributed by atoms with van der Waals surface area (Å²) in [7, 11) is 0. The first-order valence-corrected chi connectivity index (χ1v) is 12.1. The Morgan fingerprint density at radius 2 is 1.51 bits per heavy atom. The largest absolute Gasteiger partial charge is 0.481 e. The van der Waals surface area contributed by atoms with E-state index in [2.05, 4.69) is 29.0 Å². The fourth-order valence-electron chi connectivity index (χ4n) is 4.86. The van der Waals surface area contributed by atoms with Crippen LogP contribution in [0.25, 0.3) is 0 Å². The maximum atomic E-state index is 12.7. The molecule has 0 saturated carbocycles. The smallest absolute Gasteiger partial charge is 0.261 e. The molecule has 0 aliphatic carbocycles. The van der Waals surface area contributed by atoms with Gasteiger partial charge < -0.3 is 9.64 Å². The molecule has 35 heavy (non-hydrogen) atoms. The maximum Gasteiger partial charge on any atom is 0.261 e. The summed E-state index contributed by atoms with van der Waals surface area (Å²) in [6.07, 6.45) is 8.62. The zero-order valence-corrected chi connectivity index (χ0v) is 20.1. The summed E-state index contributed by atoms with van der Waals surface area (Å²) < 4.78 is 5.65. The first-order valence-electron chi connectivity index (χ1n) is 11.8. The van der Waals surface area contributed by atoms with Crippen LogP contribution in [0.1, 0.15) is 44.7 Å². The molecule has 0 fully saturated rings. The van der Waals surface area contributed by atoms with E-state index in [9.17, 15) is 9.59 Å². The summed E-state index contributed by atoms with van der Waals surface area (Å²) in [6.45, 7) is 1.36. The highest BCUT2D eigenvalue weighted by Crippen LogP contribution is 2.39. The summed E-state index contributed by atoms with van der Waals surface area (Å²) in [5.74, 6) is 2.86. The van der Waals surface area contributed by atoms with E-state index in [1.54, 1.807) is 24.3 Å². The Labute approximate surface area is 210 Å². The molecule has 6 heteroatoms. The molecule has 0 N–H and O–H groups in total. The van der Waals surface area contributed by atoms with Crippen LogP contribution in [-0.2, 0) is 12.8 Å². The SMILES string of the molecule is C#CCOc1ccc2c(c1)CCc1ccc(Cl)cc1N2CCCCN1C(=O)c2ccccc2C1=O. The van der Waals surface area contributed by atoms with Gasteiger partial charge in [0.1, 0.15) is 12.4 Å². The van der Waals surface area contributed by atoms with E-state index in [0.717, 1.165) is 42.9 Å². The van der Waals surface area contributed by atoms with Crippen LogP contribution in [-0.4, -0.2) is 36.4 Å². The molecule has 3 aromatic carbocycles. The van der Waals surface area contributed by atoms with Gasteiger partial charge in [-0.3, -0.25) is 14.5 Å². The van der Waals surface area contributed by atoms with Crippen molar-refractivity contribution < 1.29 is 14.3 Å². The number of halogens is 1. The van der Waals surface area contributed by atoms with E-state index in [1.807, 2.05) is 18.2 Å². The molecule has 3 aromatic rings. The predicted molar refractivity (Wildman–Crippen MR) is 138 cm³/mol. The van der Waals surface area contributed by atoms with Crippen LogP contribution in [0.3, 0.4) is 0 Å².